The number of rotatable bonds is 6. The maximum atomic E-state index is 12.4. The van der Waals surface area contributed by atoms with Gasteiger partial charge in [-0.25, -0.2) is 0 Å². The van der Waals surface area contributed by atoms with Crippen LogP contribution in [0.25, 0.3) is 0 Å². The molecule has 144 valence electrons. The average Bonchev–Trinajstić information content (AvgIpc) is 2.63. The van der Waals surface area contributed by atoms with Crippen LogP contribution in [0, 0.1) is 0 Å². The Hall–Kier alpha value is -2.82. The lowest BCUT2D eigenvalue weighted by atomic mass is 9.87. The van der Waals surface area contributed by atoms with Crippen molar-refractivity contribution in [3.8, 4) is 5.75 Å². The lowest BCUT2D eigenvalue weighted by Gasteiger charge is -2.23. The molecule has 2 aromatic carbocycles. The molecule has 0 heterocycles. The van der Waals surface area contributed by atoms with Crippen molar-refractivity contribution in [1.82, 2.24) is 5.32 Å². The molecule has 0 spiro atoms. The Labute approximate surface area is 161 Å². The van der Waals surface area contributed by atoms with Crippen molar-refractivity contribution < 1.29 is 14.3 Å². The van der Waals surface area contributed by atoms with Gasteiger partial charge in [0, 0.05) is 24.7 Å². The first kappa shape index (κ1) is 20.5. The zero-order valence-electron chi connectivity index (χ0n) is 16.7. The van der Waals surface area contributed by atoms with Gasteiger partial charge in [-0.05, 0) is 29.2 Å². The number of hydrogen-bond donors (Lipinski definition) is 1. The molecule has 0 saturated carbocycles. The molecule has 0 saturated heterocycles. The molecular weight excluding hydrogens is 340 g/mol. The first-order valence-corrected chi connectivity index (χ1v) is 8.99. The molecular formula is C22H28N2O3. The van der Waals surface area contributed by atoms with Crippen molar-refractivity contribution in [3.05, 3.63) is 59.7 Å². The summed E-state index contributed by atoms with van der Waals surface area (Å²) in [4.78, 5) is 25.9. The smallest absolute Gasteiger partial charge is 0.240 e. The molecule has 1 N–H and O–H groups in total. The second kappa shape index (κ2) is 8.71. The van der Waals surface area contributed by atoms with Crippen LogP contribution in [0.1, 0.15) is 38.8 Å². The summed E-state index contributed by atoms with van der Waals surface area (Å²) in [6, 6.07) is 15.3. The molecule has 0 radical (unpaired) electrons. The minimum absolute atomic E-state index is 0.0284. The normalized spacial score (nSPS) is 11.0. The number of amides is 2. The molecule has 27 heavy (non-hydrogen) atoms. The van der Waals surface area contributed by atoms with Crippen molar-refractivity contribution in [2.24, 2.45) is 0 Å². The lowest BCUT2D eigenvalue weighted by Crippen LogP contribution is -2.39. The van der Waals surface area contributed by atoms with Gasteiger partial charge in [-0.1, -0.05) is 51.1 Å². The van der Waals surface area contributed by atoms with Gasteiger partial charge >= 0.3 is 0 Å². The summed E-state index contributed by atoms with van der Waals surface area (Å²) in [5.41, 5.74) is 2.81. The Kier molecular flexibility index (Phi) is 6.61. The van der Waals surface area contributed by atoms with E-state index in [0.717, 1.165) is 11.3 Å². The minimum Gasteiger partial charge on any atom is -0.496 e. The number of nitrogens with one attached hydrogen (secondary N) is 1. The van der Waals surface area contributed by atoms with Crippen LogP contribution in [0.4, 0.5) is 5.69 Å². The highest BCUT2D eigenvalue weighted by Gasteiger charge is 2.18. The van der Waals surface area contributed by atoms with Crippen molar-refractivity contribution in [2.45, 2.75) is 39.7 Å². The van der Waals surface area contributed by atoms with Crippen LogP contribution in [0.5, 0.6) is 5.75 Å². The van der Waals surface area contributed by atoms with Gasteiger partial charge in [-0.15, -0.1) is 0 Å². The molecule has 0 aromatic heterocycles. The Morgan fingerprint density at radius 1 is 1.04 bits per heavy atom. The maximum absolute atomic E-state index is 12.4. The van der Waals surface area contributed by atoms with Gasteiger partial charge in [-0.2, -0.15) is 0 Å². The maximum Gasteiger partial charge on any atom is 0.240 e. The first-order valence-electron chi connectivity index (χ1n) is 8.99. The number of methoxy groups -OCH3 is 1. The van der Waals surface area contributed by atoms with E-state index in [4.69, 9.17) is 4.74 Å². The van der Waals surface area contributed by atoms with Crippen LogP contribution < -0.4 is 15.0 Å². The van der Waals surface area contributed by atoms with E-state index < -0.39 is 0 Å². The summed E-state index contributed by atoms with van der Waals surface area (Å²) in [6.45, 7) is 8.18. The van der Waals surface area contributed by atoms with E-state index in [0.29, 0.717) is 12.2 Å². The van der Waals surface area contributed by atoms with Crippen molar-refractivity contribution in [2.75, 3.05) is 18.6 Å². The summed E-state index contributed by atoms with van der Waals surface area (Å²) in [7, 11) is 1.60. The largest absolute Gasteiger partial charge is 0.496 e. The highest BCUT2D eigenvalue weighted by atomic mass is 16.5. The van der Waals surface area contributed by atoms with Crippen molar-refractivity contribution in [3.63, 3.8) is 0 Å². The third kappa shape index (κ3) is 5.58. The Morgan fingerprint density at radius 2 is 1.67 bits per heavy atom. The molecule has 0 aliphatic rings. The summed E-state index contributed by atoms with van der Waals surface area (Å²) in [5.74, 6) is 0.320. The summed E-state index contributed by atoms with van der Waals surface area (Å²) in [5, 5.41) is 2.85. The first-order chi connectivity index (χ1) is 12.7. The van der Waals surface area contributed by atoms with Crippen LogP contribution in [0.2, 0.25) is 0 Å². The number of carbonyl (C=O) groups is 2. The van der Waals surface area contributed by atoms with E-state index in [2.05, 4.69) is 26.1 Å². The molecule has 5 nitrogen and oxygen atoms in total. The number of benzene rings is 2. The predicted molar refractivity (Wildman–Crippen MR) is 108 cm³/mol. The molecule has 2 rings (SSSR count). The van der Waals surface area contributed by atoms with Gasteiger partial charge in [0.25, 0.3) is 0 Å². The van der Waals surface area contributed by atoms with Gasteiger partial charge in [0.05, 0.1) is 7.11 Å². The van der Waals surface area contributed by atoms with E-state index in [-0.39, 0.29) is 23.8 Å². The highest BCUT2D eigenvalue weighted by molar-refractivity contribution is 5.97. The van der Waals surface area contributed by atoms with Crippen LogP contribution in [-0.2, 0) is 21.5 Å². The Balaban J connectivity index is 2.05. The second-order valence-corrected chi connectivity index (χ2v) is 7.49. The van der Waals surface area contributed by atoms with Crippen LogP contribution in [0.3, 0.4) is 0 Å². The molecule has 0 fully saturated rings. The van der Waals surface area contributed by atoms with Gasteiger partial charge in [0.1, 0.15) is 12.3 Å². The van der Waals surface area contributed by atoms with Crippen LogP contribution in [0.15, 0.2) is 48.5 Å². The predicted octanol–water partition coefficient (Wildman–Crippen LogP) is 3.66. The van der Waals surface area contributed by atoms with Gasteiger partial charge in [-0.3, -0.25) is 9.59 Å². The number of nitrogens with zero attached hydrogens (tertiary/aromatic N) is 1. The Morgan fingerprint density at radius 3 is 2.22 bits per heavy atom. The molecule has 2 amide bonds. The summed E-state index contributed by atoms with van der Waals surface area (Å²) < 4.78 is 5.29. The fourth-order valence-electron chi connectivity index (χ4n) is 2.77. The van der Waals surface area contributed by atoms with Crippen molar-refractivity contribution >= 4 is 17.5 Å². The Bertz CT molecular complexity index is 792. The van der Waals surface area contributed by atoms with Gasteiger partial charge < -0.3 is 15.0 Å². The fraction of sp³-hybridized carbons (Fsp3) is 0.364. The SMILES string of the molecule is COc1ccccc1CNC(=O)CN(C(C)=O)c1ccc(C(C)(C)C)cc1. The monoisotopic (exact) mass is 368 g/mol. The zero-order chi connectivity index (χ0) is 20.0. The average molecular weight is 368 g/mol. The number of para-hydroxylation sites is 1. The molecule has 0 atom stereocenters. The standard InChI is InChI=1S/C22H28N2O3/c1-16(25)24(19-12-10-18(11-13-19)22(2,3)4)15-21(26)23-14-17-8-6-7-9-20(17)27-5/h6-13H,14-15H2,1-5H3,(H,23,26). The van der Waals surface area contributed by atoms with Gasteiger partial charge in [0.15, 0.2) is 0 Å². The number of hydrogen-bond acceptors (Lipinski definition) is 3. The van der Waals surface area contributed by atoms with E-state index in [1.54, 1.807) is 7.11 Å². The third-order valence-electron chi connectivity index (χ3n) is 4.40. The number of carbonyl (C=O) groups excluding carboxylic acids is 2. The topological polar surface area (TPSA) is 58.6 Å². The molecule has 0 aliphatic heterocycles. The van der Waals surface area contributed by atoms with Gasteiger partial charge in [0.2, 0.25) is 11.8 Å². The zero-order valence-corrected chi connectivity index (χ0v) is 16.7. The molecule has 0 aliphatic carbocycles. The number of anilines is 1. The highest BCUT2D eigenvalue weighted by Crippen LogP contribution is 2.25. The van der Waals surface area contributed by atoms with E-state index in [1.807, 2.05) is 48.5 Å². The van der Waals surface area contributed by atoms with E-state index in [9.17, 15) is 9.59 Å². The molecule has 2 aromatic rings. The molecule has 5 heteroatoms. The number of ether oxygens (including phenoxy) is 1. The lowest BCUT2D eigenvalue weighted by molar-refractivity contribution is -0.123. The quantitative estimate of drug-likeness (QED) is 0.846. The van der Waals surface area contributed by atoms with Crippen LogP contribution in [-0.4, -0.2) is 25.5 Å². The van der Waals surface area contributed by atoms with E-state index >= 15 is 0 Å². The molecule has 0 unspecified atom stereocenters. The second-order valence-electron chi connectivity index (χ2n) is 7.49. The van der Waals surface area contributed by atoms with Crippen LogP contribution >= 0.6 is 0 Å². The summed E-state index contributed by atoms with van der Waals surface area (Å²) in [6.07, 6.45) is 0. The summed E-state index contributed by atoms with van der Waals surface area (Å²) >= 11 is 0. The van der Waals surface area contributed by atoms with E-state index in [1.165, 1.54) is 17.4 Å². The minimum atomic E-state index is -0.226. The van der Waals surface area contributed by atoms with Crippen molar-refractivity contribution in [1.29, 1.82) is 0 Å². The third-order valence-corrected chi connectivity index (χ3v) is 4.40. The fourth-order valence-corrected chi connectivity index (χ4v) is 2.77. The molecule has 0 bridgehead atoms.